The Morgan fingerprint density at radius 2 is 2.11 bits per heavy atom. The number of ether oxygens (including phenoxy) is 1. The minimum absolute atomic E-state index is 0.209. The normalized spacial score (nSPS) is 18.5. The SMILES string of the molecule is COC(=O)C1CCN(C(=O)c2cccc(Cl)c2Cl)C1. The lowest BCUT2D eigenvalue weighted by Crippen LogP contribution is -2.30. The van der Waals surface area contributed by atoms with Crippen molar-refractivity contribution in [2.24, 2.45) is 5.92 Å². The molecule has 1 aromatic rings. The number of likely N-dealkylation sites (tertiary alicyclic amines) is 1. The molecule has 0 spiro atoms. The van der Waals surface area contributed by atoms with Gasteiger partial charge in [-0.3, -0.25) is 9.59 Å². The van der Waals surface area contributed by atoms with Crippen molar-refractivity contribution >= 4 is 35.1 Å². The minimum Gasteiger partial charge on any atom is -0.469 e. The average molecular weight is 302 g/mol. The zero-order chi connectivity index (χ0) is 14.0. The van der Waals surface area contributed by atoms with Gasteiger partial charge in [-0.1, -0.05) is 29.3 Å². The predicted octanol–water partition coefficient (Wildman–Crippen LogP) is 2.63. The van der Waals surface area contributed by atoms with Crippen LogP contribution in [0, 0.1) is 5.92 Å². The molecule has 6 heteroatoms. The summed E-state index contributed by atoms with van der Waals surface area (Å²) in [7, 11) is 1.35. The number of esters is 1. The Labute approximate surface area is 121 Å². The van der Waals surface area contributed by atoms with Crippen LogP contribution in [0.1, 0.15) is 16.8 Å². The highest BCUT2D eigenvalue weighted by atomic mass is 35.5. The van der Waals surface area contributed by atoms with Crippen LogP contribution in [0.4, 0.5) is 0 Å². The average Bonchev–Trinajstić information content (AvgIpc) is 2.90. The van der Waals surface area contributed by atoms with Crippen molar-refractivity contribution in [2.45, 2.75) is 6.42 Å². The number of carbonyl (C=O) groups excluding carboxylic acids is 2. The van der Waals surface area contributed by atoms with Gasteiger partial charge in [-0.25, -0.2) is 0 Å². The van der Waals surface area contributed by atoms with Crippen LogP contribution in [-0.4, -0.2) is 37.0 Å². The molecule has 2 rings (SSSR count). The van der Waals surface area contributed by atoms with E-state index in [1.807, 2.05) is 0 Å². The molecular formula is C13H13Cl2NO3. The number of benzene rings is 1. The Bertz CT molecular complexity index is 519. The molecule has 1 atom stereocenters. The summed E-state index contributed by atoms with van der Waals surface area (Å²) >= 11 is 11.9. The van der Waals surface area contributed by atoms with Gasteiger partial charge in [0.1, 0.15) is 0 Å². The van der Waals surface area contributed by atoms with Gasteiger partial charge in [-0.2, -0.15) is 0 Å². The van der Waals surface area contributed by atoms with Crippen molar-refractivity contribution < 1.29 is 14.3 Å². The highest BCUT2D eigenvalue weighted by molar-refractivity contribution is 6.43. The second kappa shape index (κ2) is 5.80. The lowest BCUT2D eigenvalue weighted by Gasteiger charge is -2.17. The Morgan fingerprint density at radius 3 is 2.79 bits per heavy atom. The van der Waals surface area contributed by atoms with E-state index in [-0.39, 0.29) is 22.8 Å². The minimum atomic E-state index is -0.285. The van der Waals surface area contributed by atoms with Crippen molar-refractivity contribution in [3.8, 4) is 0 Å². The monoisotopic (exact) mass is 301 g/mol. The second-order valence-electron chi connectivity index (χ2n) is 4.36. The molecule has 0 bridgehead atoms. The maximum atomic E-state index is 12.3. The first kappa shape index (κ1) is 14.2. The molecule has 0 saturated carbocycles. The van der Waals surface area contributed by atoms with Crippen LogP contribution in [0.25, 0.3) is 0 Å². The van der Waals surface area contributed by atoms with E-state index in [0.717, 1.165) is 0 Å². The van der Waals surface area contributed by atoms with Crippen LogP contribution in [0.2, 0.25) is 10.0 Å². The van der Waals surface area contributed by atoms with E-state index in [0.29, 0.717) is 30.1 Å². The third kappa shape index (κ3) is 2.85. The summed E-state index contributed by atoms with van der Waals surface area (Å²) in [6.07, 6.45) is 0.608. The number of halogens is 2. The van der Waals surface area contributed by atoms with E-state index < -0.39 is 0 Å². The van der Waals surface area contributed by atoms with Crippen molar-refractivity contribution in [1.82, 2.24) is 4.90 Å². The number of carbonyl (C=O) groups is 2. The lowest BCUT2D eigenvalue weighted by atomic mass is 10.1. The first-order valence-corrected chi connectivity index (χ1v) is 6.61. The van der Waals surface area contributed by atoms with Crippen molar-refractivity contribution in [1.29, 1.82) is 0 Å². The highest BCUT2D eigenvalue weighted by Gasteiger charge is 2.32. The fourth-order valence-corrected chi connectivity index (χ4v) is 2.52. The molecule has 1 saturated heterocycles. The molecule has 1 heterocycles. The van der Waals surface area contributed by atoms with Crippen molar-refractivity contribution in [2.75, 3.05) is 20.2 Å². The first-order valence-electron chi connectivity index (χ1n) is 5.85. The molecule has 1 unspecified atom stereocenters. The molecule has 1 fully saturated rings. The largest absolute Gasteiger partial charge is 0.469 e. The summed E-state index contributed by atoms with van der Waals surface area (Å²) in [5, 5.41) is 0.590. The maximum Gasteiger partial charge on any atom is 0.310 e. The van der Waals surface area contributed by atoms with Gasteiger partial charge in [-0.05, 0) is 18.6 Å². The van der Waals surface area contributed by atoms with Crippen molar-refractivity contribution in [3.63, 3.8) is 0 Å². The smallest absolute Gasteiger partial charge is 0.310 e. The van der Waals surface area contributed by atoms with Gasteiger partial charge < -0.3 is 9.64 Å². The van der Waals surface area contributed by atoms with Gasteiger partial charge >= 0.3 is 5.97 Å². The zero-order valence-corrected chi connectivity index (χ0v) is 11.9. The molecule has 19 heavy (non-hydrogen) atoms. The Morgan fingerprint density at radius 1 is 1.37 bits per heavy atom. The molecule has 0 radical (unpaired) electrons. The van der Waals surface area contributed by atoms with Gasteiger partial charge in [0, 0.05) is 13.1 Å². The van der Waals surface area contributed by atoms with Gasteiger partial charge in [0.05, 0.1) is 28.6 Å². The molecule has 102 valence electrons. The second-order valence-corrected chi connectivity index (χ2v) is 5.15. The highest BCUT2D eigenvalue weighted by Crippen LogP contribution is 2.28. The van der Waals surface area contributed by atoms with Crippen LogP contribution >= 0.6 is 23.2 Å². The Balaban J connectivity index is 2.14. The van der Waals surface area contributed by atoms with E-state index in [2.05, 4.69) is 4.74 Å². The van der Waals surface area contributed by atoms with Crippen LogP contribution < -0.4 is 0 Å². The number of hydrogen-bond acceptors (Lipinski definition) is 3. The van der Waals surface area contributed by atoms with E-state index in [4.69, 9.17) is 23.2 Å². The molecule has 0 aromatic heterocycles. The van der Waals surface area contributed by atoms with E-state index in [1.54, 1.807) is 23.1 Å². The molecule has 1 amide bonds. The van der Waals surface area contributed by atoms with Gasteiger partial charge in [-0.15, -0.1) is 0 Å². The fraction of sp³-hybridized carbons (Fsp3) is 0.385. The molecule has 1 aliphatic heterocycles. The third-order valence-electron chi connectivity index (χ3n) is 3.19. The lowest BCUT2D eigenvalue weighted by molar-refractivity contribution is -0.144. The van der Waals surface area contributed by atoms with Gasteiger partial charge in [0.25, 0.3) is 5.91 Å². The fourth-order valence-electron chi connectivity index (χ4n) is 2.14. The number of amides is 1. The third-order valence-corrected chi connectivity index (χ3v) is 4.01. The standard InChI is InChI=1S/C13H13Cl2NO3/c1-19-13(18)8-5-6-16(7-8)12(17)9-3-2-4-10(14)11(9)15/h2-4,8H,5-7H2,1H3. The van der Waals surface area contributed by atoms with E-state index >= 15 is 0 Å². The van der Waals surface area contributed by atoms with Gasteiger partial charge in [0.15, 0.2) is 0 Å². The molecule has 0 N–H and O–H groups in total. The van der Waals surface area contributed by atoms with Gasteiger partial charge in [0.2, 0.25) is 0 Å². The van der Waals surface area contributed by atoms with Crippen LogP contribution in [0.3, 0.4) is 0 Å². The number of hydrogen-bond donors (Lipinski definition) is 0. The Hall–Kier alpha value is -1.26. The molecule has 4 nitrogen and oxygen atoms in total. The van der Waals surface area contributed by atoms with E-state index in [9.17, 15) is 9.59 Å². The first-order chi connectivity index (χ1) is 9.04. The predicted molar refractivity (Wildman–Crippen MR) is 72.5 cm³/mol. The van der Waals surface area contributed by atoms with E-state index in [1.165, 1.54) is 7.11 Å². The van der Waals surface area contributed by atoms with Crippen LogP contribution in [0.5, 0.6) is 0 Å². The van der Waals surface area contributed by atoms with Crippen LogP contribution in [-0.2, 0) is 9.53 Å². The molecule has 1 aromatic carbocycles. The number of methoxy groups -OCH3 is 1. The molecule has 1 aliphatic rings. The number of nitrogens with zero attached hydrogens (tertiary/aromatic N) is 1. The Kier molecular flexibility index (Phi) is 4.32. The summed E-state index contributed by atoms with van der Waals surface area (Å²) in [5.41, 5.74) is 0.361. The summed E-state index contributed by atoms with van der Waals surface area (Å²) in [5.74, 6) is -0.752. The maximum absolute atomic E-state index is 12.3. The number of rotatable bonds is 2. The molecule has 0 aliphatic carbocycles. The summed E-state index contributed by atoms with van der Waals surface area (Å²) < 4.78 is 4.69. The zero-order valence-electron chi connectivity index (χ0n) is 10.4. The quantitative estimate of drug-likeness (QED) is 0.789. The summed E-state index contributed by atoms with van der Waals surface area (Å²) in [4.78, 5) is 25.3. The van der Waals surface area contributed by atoms with Crippen molar-refractivity contribution in [3.05, 3.63) is 33.8 Å². The van der Waals surface area contributed by atoms with Crippen LogP contribution in [0.15, 0.2) is 18.2 Å². The summed E-state index contributed by atoms with van der Waals surface area (Å²) in [6, 6.07) is 4.93. The topological polar surface area (TPSA) is 46.6 Å². The molecular weight excluding hydrogens is 289 g/mol. The summed E-state index contributed by atoms with van der Waals surface area (Å²) in [6.45, 7) is 0.871.